The Labute approximate surface area is 165 Å². The number of nitrogens with zero attached hydrogens (tertiary/aromatic N) is 1. The first kappa shape index (κ1) is 18.1. The predicted molar refractivity (Wildman–Crippen MR) is 108 cm³/mol. The normalized spacial score (nSPS) is 19.9. The maximum absolute atomic E-state index is 12.6. The number of thiazole rings is 1. The van der Waals surface area contributed by atoms with E-state index in [9.17, 15) is 9.59 Å². The summed E-state index contributed by atoms with van der Waals surface area (Å²) in [6.45, 7) is 1.30. The second kappa shape index (κ2) is 7.75. The lowest BCUT2D eigenvalue weighted by Crippen LogP contribution is -3.14. The lowest BCUT2D eigenvalue weighted by atomic mass is 10.0. The number of thiophene rings is 1. The van der Waals surface area contributed by atoms with Crippen LogP contribution < -0.4 is 16.0 Å². The lowest BCUT2D eigenvalue weighted by molar-refractivity contribution is -0.929. The third kappa shape index (κ3) is 3.87. The number of amides is 2. The van der Waals surface area contributed by atoms with Crippen molar-refractivity contribution in [3.05, 3.63) is 46.3 Å². The number of para-hydroxylation sites is 1. The van der Waals surface area contributed by atoms with Crippen LogP contribution in [0.2, 0.25) is 0 Å². The summed E-state index contributed by atoms with van der Waals surface area (Å²) in [5.74, 6) is -0.618. The zero-order valence-corrected chi connectivity index (χ0v) is 16.4. The van der Waals surface area contributed by atoms with Gasteiger partial charge >= 0.3 is 0 Å². The van der Waals surface area contributed by atoms with Crippen LogP contribution in [0, 0.1) is 0 Å². The summed E-state index contributed by atoms with van der Waals surface area (Å²) in [4.78, 5) is 30.1. The molecule has 0 saturated carbocycles. The maximum atomic E-state index is 12.6. The number of anilines is 1. The molecule has 1 aromatic carbocycles. The molecule has 2 aromatic heterocycles. The standard InChI is InChI=1S/C19H20N4O2S2/c20-17(25)12-8-10-26-18(12)22-16(24)11-23-9-4-3-6-14(23)19-21-13-5-1-2-7-15(13)27-19/h1-2,5,7-8,10,14H,3-4,6,9,11H2,(H2,20,25)(H,22,24)/p+1/t14-/m1/s1. The minimum Gasteiger partial charge on any atom is -0.366 e. The first-order valence-corrected chi connectivity index (χ1v) is 10.7. The summed E-state index contributed by atoms with van der Waals surface area (Å²) < 4.78 is 1.19. The molecule has 0 spiro atoms. The second-order valence-electron chi connectivity index (χ2n) is 6.73. The first-order chi connectivity index (χ1) is 13.1. The number of hydrogen-bond acceptors (Lipinski definition) is 5. The van der Waals surface area contributed by atoms with Gasteiger partial charge < -0.3 is 16.0 Å². The highest BCUT2D eigenvalue weighted by molar-refractivity contribution is 7.18. The van der Waals surface area contributed by atoms with Crippen LogP contribution in [0.1, 0.15) is 40.7 Å². The molecule has 0 aliphatic carbocycles. The number of carbonyl (C=O) groups excluding carboxylic acids is 2. The van der Waals surface area contributed by atoms with Crippen molar-refractivity contribution in [3.8, 4) is 0 Å². The van der Waals surface area contributed by atoms with E-state index in [1.54, 1.807) is 22.8 Å². The van der Waals surface area contributed by atoms with E-state index in [4.69, 9.17) is 10.7 Å². The van der Waals surface area contributed by atoms with Crippen molar-refractivity contribution in [1.82, 2.24) is 4.98 Å². The first-order valence-electron chi connectivity index (χ1n) is 8.99. The molecular weight excluding hydrogens is 380 g/mol. The molecule has 1 unspecified atom stereocenters. The van der Waals surface area contributed by atoms with Crippen LogP contribution in [-0.2, 0) is 4.79 Å². The van der Waals surface area contributed by atoms with Gasteiger partial charge in [0.25, 0.3) is 11.8 Å². The summed E-state index contributed by atoms with van der Waals surface area (Å²) >= 11 is 3.04. The van der Waals surface area contributed by atoms with Gasteiger partial charge in [0.05, 0.1) is 22.3 Å². The monoisotopic (exact) mass is 401 g/mol. The highest BCUT2D eigenvalue weighted by atomic mass is 32.1. The molecular formula is C19H21N4O2S2+. The Morgan fingerprint density at radius 1 is 1.26 bits per heavy atom. The fraction of sp³-hybridized carbons (Fsp3) is 0.316. The van der Waals surface area contributed by atoms with Crippen LogP contribution in [-0.4, -0.2) is 29.9 Å². The molecule has 0 bridgehead atoms. The quantitative estimate of drug-likeness (QED) is 0.612. The van der Waals surface area contributed by atoms with Crippen LogP contribution in [0.3, 0.4) is 0 Å². The van der Waals surface area contributed by atoms with E-state index in [0.717, 1.165) is 36.3 Å². The molecule has 27 heavy (non-hydrogen) atoms. The number of fused-ring (bicyclic) bond motifs is 1. The maximum Gasteiger partial charge on any atom is 0.280 e. The van der Waals surface area contributed by atoms with E-state index in [1.807, 2.05) is 18.2 Å². The minimum absolute atomic E-state index is 0.0945. The number of aromatic nitrogens is 1. The summed E-state index contributed by atoms with van der Waals surface area (Å²) in [5, 5.41) is 6.25. The van der Waals surface area contributed by atoms with E-state index in [-0.39, 0.29) is 11.9 Å². The highest BCUT2D eigenvalue weighted by Crippen LogP contribution is 2.28. The van der Waals surface area contributed by atoms with Crippen LogP contribution in [0.25, 0.3) is 10.2 Å². The molecule has 3 heterocycles. The minimum atomic E-state index is -0.524. The van der Waals surface area contributed by atoms with E-state index in [1.165, 1.54) is 20.9 Å². The molecule has 0 radical (unpaired) electrons. The molecule has 4 N–H and O–H groups in total. The average Bonchev–Trinajstić information content (AvgIpc) is 3.28. The number of nitrogens with two attached hydrogens (primary N) is 1. The Morgan fingerprint density at radius 2 is 2.11 bits per heavy atom. The number of likely N-dealkylation sites (tertiary alicyclic amines) is 1. The summed E-state index contributed by atoms with van der Waals surface area (Å²) in [5.41, 5.74) is 6.75. The number of quaternary nitrogens is 1. The molecule has 1 aliphatic heterocycles. The fourth-order valence-electron chi connectivity index (χ4n) is 3.60. The second-order valence-corrected chi connectivity index (χ2v) is 8.71. The number of hydrogen-bond donors (Lipinski definition) is 3. The number of primary amides is 1. The smallest absolute Gasteiger partial charge is 0.280 e. The number of carbonyl (C=O) groups is 2. The zero-order chi connectivity index (χ0) is 18.8. The summed E-state index contributed by atoms with van der Waals surface area (Å²) in [6.07, 6.45) is 3.30. The van der Waals surface area contributed by atoms with Crippen molar-refractivity contribution in [2.45, 2.75) is 25.3 Å². The van der Waals surface area contributed by atoms with Gasteiger partial charge in [-0.15, -0.1) is 22.7 Å². The molecule has 1 aliphatic rings. The highest BCUT2D eigenvalue weighted by Gasteiger charge is 2.32. The Morgan fingerprint density at radius 3 is 2.93 bits per heavy atom. The molecule has 6 nitrogen and oxygen atoms in total. The fourth-order valence-corrected chi connectivity index (χ4v) is 5.57. The van der Waals surface area contributed by atoms with E-state index >= 15 is 0 Å². The van der Waals surface area contributed by atoms with Crippen molar-refractivity contribution >= 4 is 49.7 Å². The number of rotatable bonds is 5. The van der Waals surface area contributed by atoms with Gasteiger partial charge in [0.1, 0.15) is 11.0 Å². The van der Waals surface area contributed by atoms with Crippen LogP contribution >= 0.6 is 22.7 Å². The third-order valence-corrected chi connectivity index (χ3v) is 6.89. The Hall–Kier alpha value is -2.29. The molecule has 2 amide bonds. The van der Waals surface area contributed by atoms with Gasteiger partial charge in [0.15, 0.2) is 11.6 Å². The van der Waals surface area contributed by atoms with E-state index in [0.29, 0.717) is 17.1 Å². The van der Waals surface area contributed by atoms with Gasteiger partial charge in [-0.05, 0) is 36.4 Å². The van der Waals surface area contributed by atoms with Crippen molar-refractivity contribution in [2.75, 3.05) is 18.4 Å². The van der Waals surface area contributed by atoms with Gasteiger partial charge in [-0.1, -0.05) is 12.1 Å². The van der Waals surface area contributed by atoms with E-state index < -0.39 is 5.91 Å². The van der Waals surface area contributed by atoms with Crippen molar-refractivity contribution in [3.63, 3.8) is 0 Å². The molecule has 2 atom stereocenters. The Balaban J connectivity index is 1.49. The summed E-state index contributed by atoms with van der Waals surface area (Å²) in [6, 6.07) is 10.0. The Kier molecular flexibility index (Phi) is 5.20. The lowest BCUT2D eigenvalue weighted by Gasteiger charge is -2.30. The number of benzene rings is 1. The third-order valence-electron chi connectivity index (χ3n) is 4.91. The number of piperidine rings is 1. The predicted octanol–water partition coefficient (Wildman–Crippen LogP) is 2.21. The number of nitrogens with one attached hydrogen (secondary N) is 2. The van der Waals surface area contributed by atoms with Gasteiger partial charge in [0, 0.05) is 6.42 Å². The van der Waals surface area contributed by atoms with Crippen LogP contribution in [0.5, 0.6) is 0 Å². The van der Waals surface area contributed by atoms with Gasteiger partial charge in [0.2, 0.25) is 0 Å². The largest absolute Gasteiger partial charge is 0.366 e. The molecule has 140 valence electrons. The van der Waals surface area contributed by atoms with Gasteiger partial charge in [-0.25, -0.2) is 4.98 Å². The average molecular weight is 402 g/mol. The van der Waals surface area contributed by atoms with E-state index in [2.05, 4.69) is 11.4 Å². The summed E-state index contributed by atoms with van der Waals surface area (Å²) in [7, 11) is 0. The SMILES string of the molecule is NC(=O)c1ccsc1NC(=O)C[NH+]1CCCC[C@@H]1c1nc2ccccc2s1. The van der Waals surface area contributed by atoms with Crippen molar-refractivity contribution in [2.24, 2.45) is 5.73 Å². The zero-order valence-electron chi connectivity index (χ0n) is 14.7. The Bertz CT molecular complexity index is 948. The van der Waals surface area contributed by atoms with Gasteiger partial charge in [-0.2, -0.15) is 0 Å². The van der Waals surface area contributed by atoms with Crippen LogP contribution in [0.4, 0.5) is 5.00 Å². The molecule has 1 fully saturated rings. The van der Waals surface area contributed by atoms with Crippen molar-refractivity contribution < 1.29 is 14.5 Å². The molecule has 3 aromatic rings. The molecule has 8 heteroatoms. The topological polar surface area (TPSA) is 89.5 Å². The van der Waals surface area contributed by atoms with Crippen molar-refractivity contribution in [1.29, 1.82) is 0 Å². The molecule has 1 saturated heterocycles. The molecule has 4 rings (SSSR count). The van der Waals surface area contributed by atoms with Crippen LogP contribution in [0.15, 0.2) is 35.7 Å². The van der Waals surface area contributed by atoms with Gasteiger partial charge in [-0.3, -0.25) is 9.59 Å².